The summed E-state index contributed by atoms with van der Waals surface area (Å²) >= 11 is 5.84. The summed E-state index contributed by atoms with van der Waals surface area (Å²) < 4.78 is 34.9. The van der Waals surface area contributed by atoms with E-state index in [1.807, 2.05) is 29.2 Å². The molecule has 0 amide bonds. The summed E-state index contributed by atoms with van der Waals surface area (Å²) in [5.74, 6) is 0.737. The van der Waals surface area contributed by atoms with Gasteiger partial charge in [0.1, 0.15) is 12.0 Å². The van der Waals surface area contributed by atoms with Gasteiger partial charge >= 0.3 is 0 Å². The largest absolute Gasteiger partial charge is 0.493 e. The summed E-state index contributed by atoms with van der Waals surface area (Å²) in [5.41, 5.74) is -0.0141. The van der Waals surface area contributed by atoms with Crippen LogP contribution in [0.15, 0.2) is 84.0 Å². The molecule has 1 fully saturated rings. The minimum Gasteiger partial charge on any atom is -0.493 e. The van der Waals surface area contributed by atoms with Crippen LogP contribution < -0.4 is 4.74 Å². The number of ether oxygens (including phenoxy) is 1. The summed E-state index contributed by atoms with van der Waals surface area (Å²) in [6, 6.07) is 18.3. The number of piperidine rings is 1. The monoisotopic (exact) mass is 520 g/mol. The molecule has 1 aliphatic rings. The molecule has 8 nitrogen and oxygen atoms in total. The number of hydrogen-bond acceptors (Lipinski definition) is 7. The lowest BCUT2D eigenvalue weighted by Gasteiger charge is -2.40. The van der Waals surface area contributed by atoms with E-state index in [-0.39, 0.29) is 4.90 Å². The maximum atomic E-state index is 10.8. The van der Waals surface area contributed by atoms with Crippen molar-refractivity contribution in [2.75, 3.05) is 19.7 Å². The van der Waals surface area contributed by atoms with E-state index in [1.165, 1.54) is 12.1 Å². The number of rotatable bonds is 7. The first-order valence-corrected chi connectivity index (χ1v) is 13.0. The highest BCUT2D eigenvalue weighted by atomic mass is 35.5. The molecule has 188 valence electrons. The summed E-state index contributed by atoms with van der Waals surface area (Å²) in [6.45, 7) is 1.69. The molecule has 0 saturated carbocycles. The van der Waals surface area contributed by atoms with E-state index in [0.717, 1.165) is 11.3 Å². The maximum absolute atomic E-state index is 10.8. The Morgan fingerprint density at radius 1 is 1.03 bits per heavy atom. The van der Waals surface area contributed by atoms with Crippen LogP contribution in [0.2, 0.25) is 5.02 Å². The van der Waals surface area contributed by atoms with Crippen LogP contribution >= 0.6 is 11.6 Å². The van der Waals surface area contributed by atoms with Crippen molar-refractivity contribution in [2.24, 2.45) is 0 Å². The third-order valence-corrected chi connectivity index (χ3v) is 6.86. The highest BCUT2D eigenvalue weighted by Gasteiger charge is 2.35. The Balaban J connectivity index is 0.000000287. The zero-order valence-corrected chi connectivity index (χ0v) is 20.6. The fourth-order valence-corrected chi connectivity index (χ4v) is 4.33. The number of halogens is 1. The standard InChI is InChI=1S/C19H23ClN2O3.C6H6O3S/c20-16-3-5-17(6-4-16)25-13-7-18(23)22-11-8-19(24,9-12-22)15-2-1-10-21-14-15;7-10(8,9)6-4-2-1-3-5-6/h1-6,10,14,18,23-24H,7-9,11-13H2;1-5H,(H,7,8,9). The number of aliphatic hydroxyl groups is 2. The minimum atomic E-state index is -4.00. The van der Waals surface area contributed by atoms with E-state index < -0.39 is 21.9 Å². The normalized spacial score (nSPS) is 16.6. The van der Waals surface area contributed by atoms with Crippen LogP contribution in [0, 0.1) is 0 Å². The van der Waals surface area contributed by atoms with Gasteiger partial charge in [0.2, 0.25) is 0 Å². The van der Waals surface area contributed by atoms with Crippen LogP contribution in [0.3, 0.4) is 0 Å². The second kappa shape index (κ2) is 12.4. The molecule has 1 aliphatic heterocycles. The molecule has 2 heterocycles. The Morgan fingerprint density at radius 3 is 2.23 bits per heavy atom. The summed E-state index contributed by atoms with van der Waals surface area (Å²) in [7, 11) is -4.00. The fraction of sp³-hybridized carbons (Fsp3) is 0.320. The van der Waals surface area contributed by atoms with Gasteiger partial charge < -0.3 is 14.9 Å². The van der Waals surface area contributed by atoms with E-state index in [0.29, 0.717) is 44.0 Å². The lowest BCUT2D eigenvalue weighted by Crippen LogP contribution is -2.47. The van der Waals surface area contributed by atoms with Crippen molar-refractivity contribution < 1.29 is 27.9 Å². The summed E-state index contributed by atoms with van der Waals surface area (Å²) in [6.07, 6.45) is 4.50. The van der Waals surface area contributed by atoms with Crippen LogP contribution in [-0.4, -0.2) is 59.0 Å². The lowest BCUT2D eigenvalue weighted by atomic mass is 9.85. The topological polar surface area (TPSA) is 120 Å². The third kappa shape index (κ3) is 8.28. The SMILES string of the molecule is O=S(=O)(O)c1ccccc1.OC(CCOc1ccc(Cl)cc1)N1CCC(O)(c2cccnc2)CC1. The van der Waals surface area contributed by atoms with Gasteiger partial charge in [-0.3, -0.25) is 14.4 Å². The molecule has 0 aliphatic carbocycles. The first-order valence-electron chi connectivity index (χ1n) is 11.1. The molecule has 35 heavy (non-hydrogen) atoms. The van der Waals surface area contributed by atoms with Gasteiger partial charge in [0.25, 0.3) is 10.1 Å². The highest BCUT2D eigenvalue weighted by Crippen LogP contribution is 2.33. The highest BCUT2D eigenvalue weighted by molar-refractivity contribution is 7.85. The van der Waals surface area contributed by atoms with Crippen molar-refractivity contribution in [1.82, 2.24) is 9.88 Å². The average molecular weight is 521 g/mol. The van der Waals surface area contributed by atoms with Crippen molar-refractivity contribution in [2.45, 2.75) is 36.0 Å². The molecular formula is C25H29ClN2O6S. The fourth-order valence-electron chi connectivity index (χ4n) is 3.71. The maximum Gasteiger partial charge on any atom is 0.294 e. The molecule has 3 aromatic rings. The van der Waals surface area contributed by atoms with Gasteiger partial charge in [-0.25, -0.2) is 0 Å². The second-order valence-corrected chi connectivity index (χ2v) is 10.0. The molecule has 10 heteroatoms. The van der Waals surface area contributed by atoms with Gasteiger partial charge in [-0.15, -0.1) is 0 Å². The molecular weight excluding hydrogens is 492 g/mol. The minimum absolute atomic E-state index is 0.0741. The predicted molar refractivity (Wildman–Crippen MR) is 133 cm³/mol. The number of hydrogen-bond donors (Lipinski definition) is 3. The predicted octanol–water partition coefficient (Wildman–Crippen LogP) is 3.74. The van der Waals surface area contributed by atoms with Crippen LogP contribution in [0.4, 0.5) is 0 Å². The molecule has 1 saturated heterocycles. The van der Waals surface area contributed by atoms with Gasteiger partial charge in [0, 0.05) is 42.5 Å². The Morgan fingerprint density at radius 2 is 1.69 bits per heavy atom. The molecule has 2 aromatic carbocycles. The number of aromatic nitrogens is 1. The summed E-state index contributed by atoms with van der Waals surface area (Å²) in [4.78, 5) is 5.99. The molecule has 0 spiro atoms. The first-order chi connectivity index (χ1) is 16.7. The van der Waals surface area contributed by atoms with E-state index >= 15 is 0 Å². The number of nitrogens with zero attached hydrogens (tertiary/aromatic N) is 2. The van der Waals surface area contributed by atoms with E-state index in [1.54, 1.807) is 42.7 Å². The van der Waals surface area contributed by atoms with Crippen molar-refractivity contribution in [1.29, 1.82) is 0 Å². The Hall–Kier alpha value is -2.53. The van der Waals surface area contributed by atoms with E-state index in [9.17, 15) is 18.6 Å². The van der Waals surface area contributed by atoms with Gasteiger partial charge in [-0.2, -0.15) is 8.42 Å². The quantitative estimate of drug-likeness (QED) is 0.403. The molecule has 1 atom stereocenters. The zero-order chi connectivity index (χ0) is 25.3. The molecule has 1 aromatic heterocycles. The van der Waals surface area contributed by atoms with Crippen LogP contribution in [-0.2, 0) is 15.7 Å². The summed E-state index contributed by atoms with van der Waals surface area (Å²) in [5, 5.41) is 21.8. The smallest absolute Gasteiger partial charge is 0.294 e. The second-order valence-electron chi connectivity index (χ2n) is 8.17. The van der Waals surface area contributed by atoms with E-state index in [2.05, 4.69) is 4.98 Å². The average Bonchev–Trinajstić information content (AvgIpc) is 2.87. The van der Waals surface area contributed by atoms with Crippen LogP contribution in [0.5, 0.6) is 5.75 Å². The molecule has 0 radical (unpaired) electrons. The first kappa shape index (κ1) is 27.1. The number of pyridine rings is 1. The van der Waals surface area contributed by atoms with E-state index in [4.69, 9.17) is 20.9 Å². The third-order valence-electron chi connectivity index (χ3n) is 5.75. The Kier molecular flexibility index (Phi) is 9.62. The van der Waals surface area contributed by atoms with Crippen molar-refractivity contribution in [3.63, 3.8) is 0 Å². The molecule has 0 bridgehead atoms. The molecule has 4 rings (SSSR count). The van der Waals surface area contributed by atoms with Crippen molar-refractivity contribution in [3.05, 3.63) is 89.7 Å². The lowest BCUT2D eigenvalue weighted by molar-refractivity contribution is -0.0820. The number of aliphatic hydroxyl groups excluding tert-OH is 1. The zero-order valence-electron chi connectivity index (χ0n) is 19.1. The molecule has 1 unspecified atom stereocenters. The van der Waals surface area contributed by atoms with Crippen molar-refractivity contribution >= 4 is 21.7 Å². The Bertz CT molecular complexity index is 1140. The van der Waals surface area contributed by atoms with Gasteiger partial charge in [-0.05, 0) is 55.3 Å². The molecule has 3 N–H and O–H groups in total. The Labute approximate surface area is 210 Å². The van der Waals surface area contributed by atoms with Gasteiger partial charge in [-0.1, -0.05) is 35.9 Å². The van der Waals surface area contributed by atoms with Crippen LogP contribution in [0.25, 0.3) is 0 Å². The van der Waals surface area contributed by atoms with Crippen LogP contribution in [0.1, 0.15) is 24.8 Å². The van der Waals surface area contributed by atoms with Crippen molar-refractivity contribution in [3.8, 4) is 5.75 Å². The van der Waals surface area contributed by atoms with Gasteiger partial charge in [0.05, 0.1) is 17.1 Å². The van der Waals surface area contributed by atoms with Gasteiger partial charge in [0.15, 0.2) is 0 Å². The number of likely N-dealkylation sites (tertiary alicyclic amines) is 1. The number of benzene rings is 2.